The van der Waals surface area contributed by atoms with Crippen molar-refractivity contribution in [1.29, 1.82) is 0 Å². The molecule has 0 saturated carbocycles. The summed E-state index contributed by atoms with van der Waals surface area (Å²) in [5, 5.41) is 4.82. The molecule has 4 aromatic rings. The van der Waals surface area contributed by atoms with Gasteiger partial charge < -0.3 is 9.09 Å². The average molecular weight is 498 g/mol. The SMILES string of the molecule is Cc1noc(C)c1-c1ccc2c(c1)nc([C@@H](C)Cc1ccc(Cl)cc1)n2C1CCS(=O)(=O)CC1. The highest BCUT2D eigenvalue weighted by Gasteiger charge is 2.29. The molecule has 0 aliphatic carbocycles. The second-order valence-electron chi connectivity index (χ2n) is 9.36. The van der Waals surface area contributed by atoms with Gasteiger partial charge in [-0.15, -0.1) is 0 Å². The molecule has 0 radical (unpaired) electrons. The van der Waals surface area contributed by atoms with Crippen LogP contribution in [0, 0.1) is 13.8 Å². The minimum Gasteiger partial charge on any atom is -0.361 e. The summed E-state index contributed by atoms with van der Waals surface area (Å²) < 4.78 is 31.9. The predicted molar refractivity (Wildman–Crippen MR) is 135 cm³/mol. The number of hydrogen-bond acceptors (Lipinski definition) is 5. The summed E-state index contributed by atoms with van der Waals surface area (Å²) in [6, 6.07) is 14.3. The van der Waals surface area contributed by atoms with Crippen molar-refractivity contribution in [2.75, 3.05) is 11.5 Å². The van der Waals surface area contributed by atoms with E-state index in [2.05, 4.69) is 47.0 Å². The largest absolute Gasteiger partial charge is 0.361 e. The number of aromatic nitrogens is 3. The van der Waals surface area contributed by atoms with Crippen LogP contribution in [-0.2, 0) is 16.3 Å². The van der Waals surface area contributed by atoms with Gasteiger partial charge in [0.05, 0.1) is 28.2 Å². The van der Waals surface area contributed by atoms with Crippen LogP contribution in [0.5, 0.6) is 0 Å². The third-order valence-corrected chi connectivity index (χ3v) is 8.79. The molecule has 0 N–H and O–H groups in total. The molecule has 0 unspecified atom stereocenters. The Balaban J connectivity index is 1.59. The summed E-state index contributed by atoms with van der Waals surface area (Å²) in [7, 11) is -2.96. The van der Waals surface area contributed by atoms with E-state index < -0.39 is 9.84 Å². The van der Waals surface area contributed by atoms with E-state index in [1.165, 1.54) is 5.56 Å². The maximum atomic E-state index is 12.1. The second kappa shape index (κ2) is 8.86. The average Bonchev–Trinajstić information content (AvgIpc) is 3.34. The van der Waals surface area contributed by atoms with Gasteiger partial charge in [0, 0.05) is 22.5 Å². The normalized spacial score (nSPS) is 17.3. The summed E-state index contributed by atoms with van der Waals surface area (Å²) in [4.78, 5) is 5.10. The predicted octanol–water partition coefficient (Wildman–Crippen LogP) is 6.06. The van der Waals surface area contributed by atoms with E-state index >= 15 is 0 Å². The highest BCUT2D eigenvalue weighted by Crippen LogP contribution is 2.36. The van der Waals surface area contributed by atoms with E-state index in [0.717, 1.165) is 50.9 Å². The van der Waals surface area contributed by atoms with E-state index in [9.17, 15) is 8.42 Å². The van der Waals surface area contributed by atoms with Crippen molar-refractivity contribution in [2.24, 2.45) is 0 Å². The highest BCUT2D eigenvalue weighted by molar-refractivity contribution is 7.91. The third kappa shape index (κ3) is 4.39. The van der Waals surface area contributed by atoms with Crippen LogP contribution in [0.15, 0.2) is 47.0 Å². The monoisotopic (exact) mass is 497 g/mol. The van der Waals surface area contributed by atoms with Crippen molar-refractivity contribution in [3.63, 3.8) is 0 Å². The molecule has 5 rings (SSSR count). The van der Waals surface area contributed by atoms with Crippen LogP contribution >= 0.6 is 11.6 Å². The number of rotatable bonds is 5. The van der Waals surface area contributed by atoms with Crippen LogP contribution in [0.4, 0.5) is 0 Å². The fraction of sp³-hybridized carbons (Fsp3) is 0.385. The van der Waals surface area contributed by atoms with Crippen LogP contribution in [-0.4, -0.2) is 34.6 Å². The van der Waals surface area contributed by atoms with Crippen LogP contribution in [0.1, 0.15) is 54.6 Å². The number of aryl methyl sites for hydroxylation is 2. The van der Waals surface area contributed by atoms with Gasteiger partial charge in [0.15, 0.2) is 0 Å². The first kappa shape index (κ1) is 23.1. The number of imidazole rings is 1. The van der Waals surface area contributed by atoms with Gasteiger partial charge in [-0.05, 0) is 68.5 Å². The van der Waals surface area contributed by atoms with Gasteiger partial charge in [0.1, 0.15) is 21.4 Å². The number of fused-ring (bicyclic) bond motifs is 1. The molecule has 1 atom stereocenters. The topological polar surface area (TPSA) is 78.0 Å². The van der Waals surface area contributed by atoms with Gasteiger partial charge in [-0.2, -0.15) is 0 Å². The second-order valence-corrected chi connectivity index (χ2v) is 12.1. The maximum absolute atomic E-state index is 12.1. The van der Waals surface area contributed by atoms with Crippen LogP contribution < -0.4 is 0 Å². The van der Waals surface area contributed by atoms with Crippen LogP contribution in [0.3, 0.4) is 0 Å². The zero-order valence-corrected chi connectivity index (χ0v) is 21.2. The van der Waals surface area contributed by atoms with Gasteiger partial charge in [-0.1, -0.05) is 41.9 Å². The van der Waals surface area contributed by atoms with Gasteiger partial charge >= 0.3 is 0 Å². The molecule has 2 aromatic heterocycles. The molecule has 2 aromatic carbocycles. The summed E-state index contributed by atoms with van der Waals surface area (Å²) in [5.74, 6) is 2.36. The molecule has 1 aliphatic heterocycles. The van der Waals surface area contributed by atoms with Crippen molar-refractivity contribution in [3.05, 3.63) is 70.3 Å². The van der Waals surface area contributed by atoms with E-state index in [4.69, 9.17) is 21.1 Å². The van der Waals surface area contributed by atoms with Crippen LogP contribution in [0.2, 0.25) is 5.02 Å². The first-order valence-electron chi connectivity index (χ1n) is 11.6. The number of halogens is 1. The van der Waals surface area contributed by atoms with Crippen molar-refractivity contribution < 1.29 is 12.9 Å². The molecule has 0 amide bonds. The Bertz CT molecular complexity index is 1420. The molecule has 6 nitrogen and oxygen atoms in total. The molecule has 0 spiro atoms. The quantitative estimate of drug-likeness (QED) is 0.335. The molecule has 1 fully saturated rings. The van der Waals surface area contributed by atoms with Crippen molar-refractivity contribution in [2.45, 2.75) is 52.0 Å². The third-order valence-electron chi connectivity index (χ3n) is 6.82. The Kier molecular flexibility index (Phi) is 6.02. The van der Waals surface area contributed by atoms with Gasteiger partial charge in [-0.25, -0.2) is 13.4 Å². The molecule has 8 heteroatoms. The lowest BCUT2D eigenvalue weighted by molar-refractivity contribution is 0.393. The van der Waals surface area contributed by atoms with Crippen molar-refractivity contribution in [3.8, 4) is 11.1 Å². The summed E-state index contributed by atoms with van der Waals surface area (Å²) in [5.41, 5.74) is 6.01. The zero-order chi connectivity index (χ0) is 24.0. The number of hydrogen-bond donors (Lipinski definition) is 0. The number of benzene rings is 2. The summed E-state index contributed by atoms with van der Waals surface area (Å²) in [6.07, 6.45) is 2.04. The minimum atomic E-state index is -2.96. The molecule has 178 valence electrons. The lowest BCUT2D eigenvalue weighted by Gasteiger charge is -2.27. The highest BCUT2D eigenvalue weighted by atomic mass is 35.5. The van der Waals surface area contributed by atoms with Gasteiger partial charge in [0.25, 0.3) is 0 Å². The Morgan fingerprint density at radius 3 is 2.47 bits per heavy atom. The Labute approximate surface area is 204 Å². The zero-order valence-electron chi connectivity index (χ0n) is 19.6. The summed E-state index contributed by atoms with van der Waals surface area (Å²) in [6.45, 7) is 6.04. The fourth-order valence-corrected chi connectivity index (χ4v) is 6.69. The standard InChI is InChI=1S/C26H28ClN3O3S/c1-16(14-19-4-7-21(27)8-5-19)26-28-23-15-20(25-17(2)29-33-18(25)3)6-9-24(23)30(26)22-10-12-34(31,32)13-11-22/h4-9,15-16,22H,10-14H2,1-3H3/t16-/m0/s1. The van der Waals surface area contributed by atoms with Crippen molar-refractivity contribution >= 4 is 32.5 Å². The van der Waals surface area contributed by atoms with E-state index in [1.807, 2.05) is 26.0 Å². The Hall–Kier alpha value is -2.64. The molecule has 0 bridgehead atoms. The Morgan fingerprint density at radius 2 is 1.82 bits per heavy atom. The molecule has 1 aliphatic rings. The van der Waals surface area contributed by atoms with Gasteiger partial charge in [-0.3, -0.25) is 0 Å². The van der Waals surface area contributed by atoms with E-state index in [0.29, 0.717) is 12.8 Å². The Morgan fingerprint density at radius 1 is 1.12 bits per heavy atom. The molecule has 3 heterocycles. The maximum Gasteiger partial charge on any atom is 0.150 e. The first-order valence-corrected chi connectivity index (χ1v) is 13.8. The lowest BCUT2D eigenvalue weighted by Crippen LogP contribution is -2.27. The van der Waals surface area contributed by atoms with Crippen LogP contribution in [0.25, 0.3) is 22.2 Å². The van der Waals surface area contributed by atoms with Crippen molar-refractivity contribution in [1.82, 2.24) is 14.7 Å². The number of nitrogens with zero attached hydrogens (tertiary/aromatic N) is 3. The first-order chi connectivity index (χ1) is 16.2. The minimum absolute atomic E-state index is 0.112. The van der Waals surface area contributed by atoms with Gasteiger partial charge in [0.2, 0.25) is 0 Å². The number of sulfone groups is 1. The van der Waals surface area contributed by atoms with E-state index in [1.54, 1.807) is 0 Å². The lowest BCUT2D eigenvalue weighted by atomic mass is 9.99. The molecular weight excluding hydrogens is 470 g/mol. The fourth-order valence-electron chi connectivity index (χ4n) is 5.10. The summed E-state index contributed by atoms with van der Waals surface area (Å²) >= 11 is 6.07. The van der Waals surface area contributed by atoms with E-state index in [-0.39, 0.29) is 23.5 Å². The molecular formula is C26H28ClN3O3S. The molecule has 34 heavy (non-hydrogen) atoms. The molecule has 1 saturated heterocycles. The smallest absolute Gasteiger partial charge is 0.150 e.